The molecule has 0 spiro atoms. The topological polar surface area (TPSA) is 137 Å². The Morgan fingerprint density at radius 2 is 1.79 bits per heavy atom. The summed E-state index contributed by atoms with van der Waals surface area (Å²) in [4.78, 5) is 68.5. The monoisotopic (exact) mass is 591 g/mol. The predicted molar refractivity (Wildman–Crippen MR) is 160 cm³/mol. The maximum Gasteiger partial charge on any atom is 0.255 e. The molecule has 43 heavy (non-hydrogen) atoms. The minimum Gasteiger partial charge on any atom is -0.491 e. The number of likely N-dealkylation sites (N-methyl/N-ethyl adjacent to an activating group) is 1. The van der Waals surface area contributed by atoms with Gasteiger partial charge in [0.25, 0.3) is 5.91 Å². The SMILES string of the molecule is CC(C)C[C@@H]1NC(=O)C[C@@H](C(=O)NCc2cccc(CN3CCCC3=O)c2)NC(=O)c2ccccc2OCCN(C)C1=O. The summed E-state index contributed by atoms with van der Waals surface area (Å²) in [7, 11) is 1.64. The Hall–Kier alpha value is -4.41. The maximum atomic E-state index is 13.4. The number of hydrogen-bond donors (Lipinski definition) is 3. The lowest BCUT2D eigenvalue weighted by molar-refractivity contribution is -0.136. The fraction of sp³-hybridized carbons (Fsp3) is 0.469. The molecule has 0 bridgehead atoms. The van der Waals surface area contributed by atoms with E-state index in [-0.39, 0.29) is 49.4 Å². The van der Waals surface area contributed by atoms with E-state index in [4.69, 9.17) is 4.74 Å². The molecule has 2 aromatic rings. The van der Waals surface area contributed by atoms with Gasteiger partial charge in [-0.25, -0.2) is 0 Å². The molecular formula is C32H41N5O6. The third kappa shape index (κ3) is 8.79. The van der Waals surface area contributed by atoms with E-state index in [1.165, 1.54) is 4.90 Å². The van der Waals surface area contributed by atoms with E-state index in [0.29, 0.717) is 25.1 Å². The van der Waals surface area contributed by atoms with Crippen LogP contribution in [-0.4, -0.2) is 78.2 Å². The summed E-state index contributed by atoms with van der Waals surface area (Å²) < 4.78 is 5.86. The van der Waals surface area contributed by atoms with Crippen molar-refractivity contribution in [2.45, 2.75) is 64.7 Å². The minimum absolute atomic E-state index is 0.128. The minimum atomic E-state index is -1.21. The number of fused-ring (bicyclic) bond motifs is 1. The Kier molecular flexibility index (Phi) is 10.7. The predicted octanol–water partition coefficient (Wildman–Crippen LogP) is 2.00. The lowest BCUT2D eigenvalue weighted by Gasteiger charge is -2.27. The van der Waals surface area contributed by atoms with Crippen molar-refractivity contribution >= 4 is 29.5 Å². The fourth-order valence-corrected chi connectivity index (χ4v) is 5.27. The van der Waals surface area contributed by atoms with Gasteiger partial charge in [-0.15, -0.1) is 0 Å². The van der Waals surface area contributed by atoms with Crippen molar-refractivity contribution in [1.29, 1.82) is 0 Å². The van der Waals surface area contributed by atoms with E-state index in [1.807, 2.05) is 43.0 Å². The van der Waals surface area contributed by atoms with E-state index in [9.17, 15) is 24.0 Å². The second kappa shape index (κ2) is 14.7. The lowest BCUT2D eigenvalue weighted by atomic mass is 10.0. The number of nitrogens with zero attached hydrogens (tertiary/aromatic N) is 2. The van der Waals surface area contributed by atoms with Crippen molar-refractivity contribution in [3.63, 3.8) is 0 Å². The molecule has 5 amide bonds. The standard InChI is InChI=1S/C32H41N5O6/c1-21(2)16-26-32(42)36(3)14-15-43-27-11-5-4-10-24(27)30(40)35-25(18-28(38)34-26)31(41)33-19-22-8-6-9-23(17-22)20-37-13-7-12-29(37)39/h4-6,8-11,17,21,25-26H,7,12-16,18-20H2,1-3H3,(H,33,41)(H,34,38)(H,35,40)/t25-,26-/m0/s1. The molecule has 2 atom stereocenters. The zero-order chi connectivity index (χ0) is 30.9. The van der Waals surface area contributed by atoms with E-state index >= 15 is 0 Å². The average Bonchev–Trinajstić information content (AvgIpc) is 3.38. The zero-order valence-electron chi connectivity index (χ0n) is 25.1. The second-order valence-electron chi connectivity index (χ2n) is 11.5. The van der Waals surface area contributed by atoms with Crippen LogP contribution in [0.4, 0.5) is 0 Å². The van der Waals surface area contributed by atoms with Crippen LogP contribution >= 0.6 is 0 Å². The number of carbonyl (C=O) groups is 5. The van der Waals surface area contributed by atoms with Gasteiger partial charge in [0.2, 0.25) is 23.6 Å². The first-order valence-electron chi connectivity index (χ1n) is 14.8. The molecule has 0 aromatic heterocycles. The van der Waals surface area contributed by atoms with Gasteiger partial charge in [-0.3, -0.25) is 24.0 Å². The van der Waals surface area contributed by atoms with Crippen LogP contribution in [0.1, 0.15) is 61.0 Å². The molecule has 1 saturated heterocycles. The van der Waals surface area contributed by atoms with E-state index < -0.39 is 29.8 Å². The summed E-state index contributed by atoms with van der Waals surface area (Å²) in [6.45, 7) is 5.72. The number of para-hydroxylation sites is 1. The van der Waals surface area contributed by atoms with Gasteiger partial charge < -0.3 is 30.5 Å². The highest BCUT2D eigenvalue weighted by molar-refractivity contribution is 6.01. The van der Waals surface area contributed by atoms with Crippen LogP contribution in [0.2, 0.25) is 0 Å². The molecule has 3 N–H and O–H groups in total. The molecule has 2 heterocycles. The highest BCUT2D eigenvalue weighted by Crippen LogP contribution is 2.19. The van der Waals surface area contributed by atoms with Crippen LogP contribution in [0.3, 0.4) is 0 Å². The van der Waals surface area contributed by atoms with Gasteiger partial charge in [0.05, 0.1) is 18.5 Å². The van der Waals surface area contributed by atoms with Gasteiger partial charge in [-0.05, 0) is 42.0 Å². The zero-order valence-corrected chi connectivity index (χ0v) is 25.1. The van der Waals surface area contributed by atoms with E-state index in [2.05, 4.69) is 16.0 Å². The Morgan fingerprint density at radius 1 is 1.02 bits per heavy atom. The van der Waals surface area contributed by atoms with Gasteiger partial charge in [0.1, 0.15) is 24.4 Å². The number of amides is 5. The van der Waals surface area contributed by atoms with Crippen molar-refractivity contribution in [3.05, 3.63) is 65.2 Å². The smallest absolute Gasteiger partial charge is 0.255 e. The summed E-state index contributed by atoms with van der Waals surface area (Å²) in [5.74, 6) is -1.30. The first-order chi connectivity index (χ1) is 20.6. The van der Waals surface area contributed by atoms with Gasteiger partial charge in [-0.1, -0.05) is 50.2 Å². The van der Waals surface area contributed by atoms with Crippen LogP contribution in [0.15, 0.2) is 48.5 Å². The molecule has 0 radical (unpaired) electrons. The number of rotatable bonds is 7. The molecule has 0 saturated carbocycles. The summed E-state index contributed by atoms with van der Waals surface area (Å²) >= 11 is 0. The molecule has 230 valence electrons. The van der Waals surface area contributed by atoms with Crippen molar-refractivity contribution in [2.24, 2.45) is 5.92 Å². The molecule has 1 fully saturated rings. The van der Waals surface area contributed by atoms with Crippen molar-refractivity contribution in [2.75, 3.05) is 26.7 Å². The van der Waals surface area contributed by atoms with Gasteiger partial charge in [0, 0.05) is 33.1 Å². The average molecular weight is 592 g/mol. The maximum absolute atomic E-state index is 13.4. The summed E-state index contributed by atoms with van der Waals surface area (Å²) in [6.07, 6.45) is 1.48. The van der Waals surface area contributed by atoms with Gasteiger partial charge in [0.15, 0.2) is 0 Å². The molecule has 0 unspecified atom stereocenters. The first kappa shape index (κ1) is 31.5. The Bertz CT molecular complexity index is 1350. The number of ether oxygens (including phenoxy) is 1. The number of hydrogen-bond acceptors (Lipinski definition) is 6. The van der Waals surface area contributed by atoms with Gasteiger partial charge >= 0.3 is 0 Å². The Balaban J connectivity index is 1.52. The normalized spacial score (nSPS) is 20.2. The lowest BCUT2D eigenvalue weighted by Crippen LogP contribution is -2.53. The Morgan fingerprint density at radius 3 is 2.53 bits per heavy atom. The Labute approximate surface area is 252 Å². The van der Waals surface area contributed by atoms with Crippen LogP contribution in [0, 0.1) is 5.92 Å². The van der Waals surface area contributed by atoms with Crippen LogP contribution in [0.5, 0.6) is 5.75 Å². The first-order valence-corrected chi connectivity index (χ1v) is 14.8. The van der Waals surface area contributed by atoms with E-state index in [1.54, 1.807) is 31.3 Å². The largest absolute Gasteiger partial charge is 0.491 e. The van der Waals surface area contributed by atoms with Crippen molar-refractivity contribution in [3.8, 4) is 5.75 Å². The van der Waals surface area contributed by atoms with Crippen molar-refractivity contribution in [1.82, 2.24) is 25.8 Å². The number of likely N-dealkylation sites (tertiary alicyclic amines) is 1. The van der Waals surface area contributed by atoms with Crippen molar-refractivity contribution < 1.29 is 28.7 Å². The van der Waals surface area contributed by atoms with Crippen LogP contribution < -0.4 is 20.7 Å². The molecule has 4 rings (SSSR count). The summed E-state index contributed by atoms with van der Waals surface area (Å²) in [5, 5.41) is 8.32. The molecular weight excluding hydrogens is 550 g/mol. The molecule has 0 aliphatic carbocycles. The third-order valence-corrected chi connectivity index (χ3v) is 7.55. The molecule has 11 heteroatoms. The van der Waals surface area contributed by atoms with E-state index in [0.717, 1.165) is 24.1 Å². The third-order valence-electron chi connectivity index (χ3n) is 7.55. The molecule has 11 nitrogen and oxygen atoms in total. The summed E-state index contributed by atoms with van der Waals surface area (Å²) in [5.41, 5.74) is 1.99. The number of nitrogens with one attached hydrogen (secondary N) is 3. The quantitative estimate of drug-likeness (QED) is 0.451. The molecule has 2 aliphatic rings. The fourth-order valence-electron chi connectivity index (χ4n) is 5.27. The highest BCUT2D eigenvalue weighted by atomic mass is 16.5. The molecule has 2 aromatic carbocycles. The second-order valence-corrected chi connectivity index (χ2v) is 11.5. The number of carbonyl (C=O) groups excluding carboxylic acids is 5. The highest BCUT2D eigenvalue weighted by Gasteiger charge is 2.30. The number of benzene rings is 2. The van der Waals surface area contributed by atoms with Gasteiger partial charge in [-0.2, -0.15) is 0 Å². The van der Waals surface area contributed by atoms with Crippen LogP contribution in [0.25, 0.3) is 0 Å². The summed E-state index contributed by atoms with van der Waals surface area (Å²) in [6, 6.07) is 12.2. The van der Waals surface area contributed by atoms with Crippen LogP contribution in [-0.2, 0) is 32.3 Å². The molecule has 2 aliphatic heterocycles.